The van der Waals surface area contributed by atoms with Crippen LogP contribution in [-0.4, -0.2) is 45.6 Å². The molecule has 0 aliphatic carbocycles. The Morgan fingerprint density at radius 1 is 1.44 bits per heavy atom. The summed E-state index contributed by atoms with van der Waals surface area (Å²) in [6.45, 7) is 10.0. The molecule has 0 amide bonds. The number of hydrogen-bond acceptors (Lipinski definition) is 4. The molecule has 1 fully saturated rings. The van der Waals surface area contributed by atoms with E-state index in [0.717, 1.165) is 37.7 Å². The number of rotatable bonds is 3. The lowest BCUT2D eigenvalue weighted by molar-refractivity contribution is 0.258. The Labute approximate surface area is 109 Å². The third kappa shape index (κ3) is 2.29. The van der Waals surface area contributed by atoms with Crippen LogP contribution in [0, 0.1) is 5.92 Å². The Balaban J connectivity index is 1.65. The minimum absolute atomic E-state index is 0.670. The SMILES string of the molecule is CC(C)N1CCC(Cn2nnc3c2CCNC3)C1. The summed E-state index contributed by atoms with van der Waals surface area (Å²) >= 11 is 0. The monoisotopic (exact) mass is 249 g/mol. The van der Waals surface area contributed by atoms with Gasteiger partial charge >= 0.3 is 0 Å². The zero-order chi connectivity index (χ0) is 12.5. The number of aromatic nitrogens is 3. The molecule has 1 atom stereocenters. The Morgan fingerprint density at radius 3 is 3.11 bits per heavy atom. The molecule has 1 unspecified atom stereocenters. The predicted molar refractivity (Wildman–Crippen MR) is 70.2 cm³/mol. The second kappa shape index (κ2) is 4.97. The van der Waals surface area contributed by atoms with Crippen LogP contribution in [-0.2, 0) is 19.5 Å². The molecule has 0 spiro atoms. The third-order valence-electron chi connectivity index (χ3n) is 4.23. The van der Waals surface area contributed by atoms with Crippen molar-refractivity contribution in [1.29, 1.82) is 0 Å². The fraction of sp³-hybridized carbons (Fsp3) is 0.846. The lowest BCUT2D eigenvalue weighted by Crippen LogP contribution is -2.29. The highest BCUT2D eigenvalue weighted by molar-refractivity contribution is 5.13. The van der Waals surface area contributed by atoms with Crippen molar-refractivity contribution in [3.05, 3.63) is 11.4 Å². The number of fused-ring (bicyclic) bond motifs is 1. The van der Waals surface area contributed by atoms with Crippen molar-refractivity contribution < 1.29 is 0 Å². The lowest BCUT2D eigenvalue weighted by Gasteiger charge is -2.20. The van der Waals surface area contributed by atoms with Gasteiger partial charge in [-0.1, -0.05) is 5.21 Å². The topological polar surface area (TPSA) is 46.0 Å². The molecule has 3 heterocycles. The average Bonchev–Trinajstić information content (AvgIpc) is 2.98. The minimum atomic E-state index is 0.670. The highest BCUT2D eigenvalue weighted by atomic mass is 15.4. The van der Waals surface area contributed by atoms with Crippen molar-refractivity contribution in [2.75, 3.05) is 19.6 Å². The Kier molecular flexibility index (Phi) is 3.35. The smallest absolute Gasteiger partial charge is 0.0997 e. The van der Waals surface area contributed by atoms with Gasteiger partial charge in [-0.25, -0.2) is 4.68 Å². The first-order valence-electron chi connectivity index (χ1n) is 7.10. The van der Waals surface area contributed by atoms with E-state index in [1.54, 1.807) is 0 Å². The van der Waals surface area contributed by atoms with Gasteiger partial charge in [0.1, 0.15) is 0 Å². The van der Waals surface area contributed by atoms with E-state index < -0.39 is 0 Å². The summed E-state index contributed by atoms with van der Waals surface area (Å²) in [5.74, 6) is 0.744. The molecule has 2 aliphatic rings. The van der Waals surface area contributed by atoms with E-state index in [1.807, 2.05) is 0 Å². The van der Waals surface area contributed by atoms with Crippen molar-refractivity contribution in [3.63, 3.8) is 0 Å². The van der Waals surface area contributed by atoms with Gasteiger partial charge in [-0.3, -0.25) is 0 Å². The zero-order valence-corrected chi connectivity index (χ0v) is 11.4. The highest BCUT2D eigenvalue weighted by Gasteiger charge is 2.26. The van der Waals surface area contributed by atoms with Gasteiger partial charge in [-0.15, -0.1) is 5.10 Å². The number of nitrogens with one attached hydrogen (secondary N) is 1. The molecule has 0 bridgehead atoms. The van der Waals surface area contributed by atoms with Crippen LogP contribution in [0.5, 0.6) is 0 Å². The first-order valence-corrected chi connectivity index (χ1v) is 7.10. The van der Waals surface area contributed by atoms with E-state index in [2.05, 4.69) is 39.1 Å². The van der Waals surface area contributed by atoms with Crippen LogP contribution in [0.3, 0.4) is 0 Å². The van der Waals surface area contributed by atoms with E-state index in [4.69, 9.17) is 0 Å². The largest absolute Gasteiger partial charge is 0.311 e. The molecule has 18 heavy (non-hydrogen) atoms. The molecule has 5 nitrogen and oxygen atoms in total. The van der Waals surface area contributed by atoms with Gasteiger partial charge < -0.3 is 10.2 Å². The van der Waals surface area contributed by atoms with E-state index in [-0.39, 0.29) is 0 Å². The van der Waals surface area contributed by atoms with E-state index >= 15 is 0 Å². The summed E-state index contributed by atoms with van der Waals surface area (Å²) in [6.07, 6.45) is 2.37. The van der Waals surface area contributed by atoms with Crippen molar-refractivity contribution in [1.82, 2.24) is 25.2 Å². The molecular formula is C13H23N5. The molecule has 5 heteroatoms. The van der Waals surface area contributed by atoms with Crippen LogP contribution in [0.4, 0.5) is 0 Å². The van der Waals surface area contributed by atoms with Gasteiger partial charge in [-0.05, 0) is 32.7 Å². The van der Waals surface area contributed by atoms with Gasteiger partial charge in [0.05, 0.1) is 11.4 Å². The fourth-order valence-corrected chi connectivity index (χ4v) is 3.06. The van der Waals surface area contributed by atoms with Crippen molar-refractivity contribution >= 4 is 0 Å². The van der Waals surface area contributed by atoms with Gasteiger partial charge in [0.25, 0.3) is 0 Å². The normalized spacial score (nSPS) is 24.7. The van der Waals surface area contributed by atoms with E-state index in [1.165, 1.54) is 25.2 Å². The number of likely N-dealkylation sites (tertiary alicyclic amines) is 1. The molecule has 0 saturated carbocycles. The van der Waals surface area contributed by atoms with Crippen LogP contribution in [0.25, 0.3) is 0 Å². The molecule has 1 saturated heterocycles. The summed E-state index contributed by atoms with van der Waals surface area (Å²) in [4.78, 5) is 2.57. The van der Waals surface area contributed by atoms with Crippen molar-refractivity contribution in [2.24, 2.45) is 5.92 Å². The van der Waals surface area contributed by atoms with Gasteiger partial charge in [0.15, 0.2) is 0 Å². The van der Waals surface area contributed by atoms with E-state index in [0.29, 0.717) is 6.04 Å². The van der Waals surface area contributed by atoms with Crippen LogP contribution in [0.15, 0.2) is 0 Å². The Morgan fingerprint density at radius 2 is 2.33 bits per heavy atom. The first kappa shape index (κ1) is 12.1. The van der Waals surface area contributed by atoms with Crippen LogP contribution < -0.4 is 5.32 Å². The van der Waals surface area contributed by atoms with Gasteiger partial charge in [0, 0.05) is 38.6 Å². The molecule has 100 valence electrons. The average molecular weight is 249 g/mol. The third-order valence-corrected chi connectivity index (χ3v) is 4.23. The van der Waals surface area contributed by atoms with Crippen molar-refractivity contribution in [3.8, 4) is 0 Å². The molecule has 0 radical (unpaired) electrons. The van der Waals surface area contributed by atoms with Gasteiger partial charge in [0.2, 0.25) is 0 Å². The van der Waals surface area contributed by atoms with Crippen molar-refractivity contribution in [2.45, 2.75) is 45.8 Å². The Hall–Kier alpha value is -0.940. The summed E-state index contributed by atoms with van der Waals surface area (Å²) < 4.78 is 2.16. The molecule has 2 aliphatic heterocycles. The highest BCUT2D eigenvalue weighted by Crippen LogP contribution is 2.21. The summed E-state index contributed by atoms with van der Waals surface area (Å²) in [5, 5.41) is 12.0. The zero-order valence-electron chi connectivity index (χ0n) is 11.4. The quantitative estimate of drug-likeness (QED) is 0.854. The number of nitrogens with zero attached hydrogens (tertiary/aromatic N) is 4. The molecule has 1 N–H and O–H groups in total. The van der Waals surface area contributed by atoms with Gasteiger partial charge in [-0.2, -0.15) is 0 Å². The number of hydrogen-bond donors (Lipinski definition) is 1. The molecule has 0 aromatic carbocycles. The summed E-state index contributed by atoms with van der Waals surface area (Å²) in [7, 11) is 0. The molecule has 3 rings (SSSR count). The lowest BCUT2D eigenvalue weighted by atomic mass is 10.1. The predicted octanol–water partition coefficient (Wildman–Crippen LogP) is 0.654. The first-order chi connectivity index (χ1) is 8.74. The standard InChI is InChI=1S/C13H23N5/c1-10(2)17-6-4-11(8-17)9-18-13-3-5-14-7-12(13)15-16-18/h10-11,14H,3-9H2,1-2H3. The minimum Gasteiger partial charge on any atom is -0.311 e. The molecule has 1 aromatic heterocycles. The van der Waals surface area contributed by atoms with Crippen LogP contribution in [0.1, 0.15) is 31.7 Å². The second-order valence-corrected chi connectivity index (χ2v) is 5.84. The second-order valence-electron chi connectivity index (χ2n) is 5.84. The van der Waals surface area contributed by atoms with Crippen LogP contribution >= 0.6 is 0 Å². The Bertz CT molecular complexity index is 412. The maximum atomic E-state index is 4.34. The molecule has 1 aromatic rings. The summed E-state index contributed by atoms with van der Waals surface area (Å²) in [5.41, 5.74) is 2.51. The molecular weight excluding hydrogens is 226 g/mol. The fourth-order valence-electron chi connectivity index (χ4n) is 3.06. The van der Waals surface area contributed by atoms with Crippen LogP contribution in [0.2, 0.25) is 0 Å². The van der Waals surface area contributed by atoms with E-state index in [9.17, 15) is 0 Å². The maximum Gasteiger partial charge on any atom is 0.0997 e. The summed E-state index contributed by atoms with van der Waals surface area (Å²) in [6, 6.07) is 0.670. The maximum absolute atomic E-state index is 4.34.